The van der Waals surface area contributed by atoms with Gasteiger partial charge in [-0.05, 0) is 254 Å². The molecule has 26 rings (SSSR count). The standard InChI is InChI=1S/C23H23N5O3.C23H25N5O3.C23H25N5O2.C22H17N5O2.C20H18N4O3/c1-15-25-19-10-16(2-4-21(19)31-15)17-3-5-22-24-11-20(28(22)12-17)23(29)27-13-18(14-27)26-6-8-30-9-7-26;1-16-26-19-13-17(3-5-21(19)31-16)18-4-6-22-25-14-20(28(22)15-18)23(29)24-7-2-8-27-9-11-30-12-10-27;1-16-26-19-13-17(5-7-21(19)30-16)18-6-8-22-25-14-20(28(22)15-18)23(29)24-9-4-12-27-10-2-3-11-27;1-13-3-6-17(10-23-13)26-22(28)19-11-24-21-8-5-16(12-27(19)21)15-4-7-20-18(9-15)25-14(2)29-20;1-12-22-16-8-13(2-4-18(16)27-12)14-3-5-19-21-9-17(24(19)10-14)20(26)23-7-6-15(25)11-23/h2-5,10-12,18H,6-9,13-14H2,1H3;3-6,13-15H,2,7-12H2,1H3,(H,24,29);5-8,13-15H,2-4,9-12H2,1H3,(H,24,29);3-12H,1-2H3,(H,26,28);2-5,8-10,15,25H,6-7,11H2,1H3/t;;;;15-/m....1/s1. The molecular formula is C111H108N24O13. The van der Waals surface area contributed by atoms with Crippen LogP contribution in [-0.2, 0) is 9.47 Å². The smallest absolute Gasteiger partial charge is 0.274 e. The van der Waals surface area contributed by atoms with Crippen LogP contribution in [0.4, 0.5) is 5.69 Å². The number of carbonyl (C=O) groups is 5. The molecule has 1 atom stereocenters. The molecule has 0 radical (unpaired) electrons. The molecule has 37 heteroatoms. The van der Waals surface area contributed by atoms with E-state index in [4.69, 9.17) is 31.6 Å². The van der Waals surface area contributed by atoms with Crippen molar-refractivity contribution in [2.75, 3.05) is 123 Å². The minimum atomic E-state index is -0.443. The first-order valence-corrected chi connectivity index (χ1v) is 49.8. The third-order valence-electron chi connectivity index (χ3n) is 27.3. The average Bonchev–Trinajstić information content (AvgIpc) is 1.50. The number of likely N-dealkylation sites (tertiary alicyclic amines) is 3. The number of hydrogen-bond acceptors (Lipinski definition) is 27. The number of morpholine rings is 2. The number of hydrogen-bond donors (Lipinski definition) is 4. The summed E-state index contributed by atoms with van der Waals surface area (Å²) in [5, 5.41) is 18.6. The molecule has 0 bridgehead atoms. The minimum absolute atomic E-state index is 0.0248. The Bertz CT molecular complexity index is 8530. The van der Waals surface area contributed by atoms with Crippen LogP contribution in [0.1, 0.15) is 120 Å². The number of imidazole rings is 5. The SMILES string of the molecule is Cc1ccc(NC(=O)c2cnc3ccc(-c4ccc5oc(C)nc5c4)cn23)cn1.Cc1nc2cc(-c3ccc4ncc(C(=O)N5CC(N6CCOCC6)C5)n4c3)ccc2o1.Cc1nc2cc(-c3ccc4ncc(C(=O)N5CC[C@@H](O)C5)n4c3)ccc2o1.Cc1nc2cc(-c3ccc4ncc(C(=O)NCCCN5CCCC5)n4c3)ccc2o1.Cc1nc2cc(-c3ccc4ncc(C(=O)NCCCN5CCOCC5)n4c3)ccc2o1. The molecule has 37 nitrogen and oxygen atoms in total. The first-order valence-electron chi connectivity index (χ1n) is 49.8. The number of ether oxygens (including phenoxy) is 2. The number of benzene rings is 5. The van der Waals surface area contributed by atoms with Crippen molar-refractivity contribution in [3.8, 4) is 55.6 Å². The molecule has 5 amide bonds. The van der Waals surface area contributed by atoms with Crippen molar-refractivity contribution in [3.63, 3.8) is 0 Å². The van der Waals surface area contributed by atoms with Crippen molar-refractivity contribution in [2.45, 2.75) is 85.8 Å². The van der Waals surface area contributed by atoms with Crippen molar-refractivity contribution < 1.29 is 60.6 Å². The Kier molecular flexibility index (Phi) is 27.3. The van der Waals surface area contributed by atoms with E-state index in [9.17, 15) is 29.1 Å². The Balaban J connectivity index is 0.000000105. The molecule has 148 heavy (non-hydrogen) atoms. The number of β-amino-alcohol motifs (C(OH)–C–C–N with tert-alkyl or cyclic N) is 1. The fourth-order valence-corrected chi connectivity index (χ4v) is 19.5. The van der Waals surface area contributed by atoms with Crippen LogP contribution in [0.15, 0.2) is 254 Å². The van der Waals surface area contributed by atoms with Gasteiger partial charge in [-0.3, -0.25) is 60.8 Å². The number of carbonyl (C=O) groups excluding carboxylic acids is 5. The number of aliphatic hydroxyl groups excluding tert-OH is 1. The molecule has 0 saturated carbocycles. The number of nitrogens with one attached hydrogen (secondary N) is 3. The molecule has 0 spiro atoms. The van der Waals surface area contributed by atoms with E-state index in [1.54, 1.807) is 50.9 Å². The maximum Gasteiger partial charge on any atom is 0.274 e. The predicted molar refractivity (Wildman–Crippen MR) is 557 cm³/mol. The number of oxazole rings is 5. The molecule has 4 N–H and O–H groups in total. The Morgan fingerprint density at radius 3 is 1.01 bits per heavy atom. The number of rotatable bonds is 20. The van der Waals surface area contributed by atoms with Gasteiger partial charge in [0.25, 0.3) is 29.5 Å². The number of aromatic nitrogens is 16. The Morgan fingerprint density at radius 2 is 0.662 bits per heavy atom. The monoisotopic (exact) mass is 1980 g/mol. The van der Waals surface area contributed by atoms with E-state index in [2.05, 4.69) is 85.5 Å². The fourth-order valence-electron chi connectivity index (χ4n) is 19.5. The number of fused-ring (bicyclic) bond motifs is 10. The van der Waals surface area contributed by atoms with Crippen LogP contribution in [0.2, 0.25) is 0 Å². The lowest BCUT2D eigenvalue weighted by Gasteiger charge is -2.46. The van der Waals surface area contributed by atoms with Gasteiger partial charge in [-0.1, -0.05) is 30.3 Å². The van der Waals surface area contributed by atoms with Crippen LogP contribution in [-0.4, -0.2) is 266 Å². The molecule has 5 aliphatic rings. The second-order valence-electron chi connectivity index (χ2n) is 37.6. The molecular weight excluding hydrogens is 1880 g/mol. The molecule has 21 aromatic rings. The maximum atomic E-state index is 13.2. The van der Waals surface area contributed by atoms with Crippen LogP contribution in [0.3, 0.4) is 0 Å². The second-order valence-corrected chi connectivity index (χ2v) is 37.6. The largest absolute Gasteiger partial charge is 0.441 e. The Labute approximate surface area is 847 Å². The van der Waals surface area contributed by atoms with E-state index in [-0.39, 0.29) is 29.5 Å². The summed E-state index contributed by atoms with van der Waals surface area (Å²) in [7, 11) is 0. The summed E-state index contributed by atoms with van der Waals surface area (Å²) in [5.41, 5.74) is 25.6. The third kappa shape index (κ3) is 21.0. The van der Waals surface area contributed by atoms with Crippen molar-refractivity contribution in [1.82, 2.24) is 112 Å². The van der Waals surface area contributed by atoms with Crippen LogP contribution >= 0.6 is 0 Å². The summed E-state index contributed by atoms with van der Waals surface area (Å²) in [4.78, 5) is 123. The first-order chi connectivity index (χ1) is 72.1. The van der Waals surface area contributed by atoms with Crippen LogP contribution < -0.4 is 16.0 Å². The lowest BCUT2D eigenvalue weighted by atomic mass is 10.1. The topological polar surface area (TPSA) is 406 Å². The number of pyridine rings is 6. The average molecular weight is 1990 g/mol. The third-order valence-corrected chi connectivity index (χ3v) is 27.3. The second kappa shape index (κ2) is 42.1. The zero-order chi connectivity index (χ0) is 101. The van der Waals surface area contributed by atoms with Gasteiger partial charge in [0.1, 0.15) is 84.3 Å². The highest BCUT2D eigenvalue weighted by Crippen LogP contribution is 2.35. The van der Waals surface area contributed by atoms with Gasteiger partial charge in [-0.15, -0.1) is 0 Å². The van der Waals surface area contributed by atoms with Crippen LogP contribution in [0.5, 0.6) is 0 Å². The lowest BCUT2D eigenvalue weighted by Crippen LogP contribution is -2.62. The number of anilines is 1. The van der Waals surface area contributed by atoms with Gasteiger partial charge < -0.3 is 67.3 Å². The van der Waals surface area contributed by atoms with Crippen molar-refractivity contribution in [2.24, 2.45) is 0 Å². The first kappa shape index (κ1) is 96.0. The molecule has 21 heterocycles. The summed E-state index contributed by atoms with van der Waals surface area (Å²) < 4.78 is 47.8. The number of aliphatic hydroxyl groups is 1. The lowest BCUT2D eigenvalue weighted by molar-refractivity contribution is -0.0258. The van der Waals surface area contributed by atoms with Crippen molar-refractivity contribution >= 4 is 119 Å². The summed E-state index contributed by atoms with van der Waals surface area (Å²) in [6.45, 7) is 26.1. The Morgan fingerprint density at radius 1 is 0.338 bits per heavy atom. The molecule has 0 unspecified atom stereocenters. The number of amides is 5. The van der Waals surface area contributed by atoms with Gasteiger partial charge in [-0.2, -0.15) is 0 Å². The van der Waals surface area contributed by atoms with Gasteiger partial charge in [0.15, 0.2) is 57.4 Å². The van der Waals surface area contributed by atoms with Crippen molar-refractivity contribution in [3.05, 3.63) is 296 Å². The van der Waals surface area contributed by atoms with Gasteiger partial charge >= 0.3 is 0 Å². The molecule has 5 aliphatic heterocycles. The van der Waals surface area contributed by atoms with E-state index in [0.717, 1.165) is 225 Å². The molecule has 5 saturated heterocycles. The summed E-state index contributed by atoms with van der Waals surface area (Å²) in [6.07, 6.45) is 24.1. The van der Waals surface area contributed by atoms with E-state index in [0.29, 0.717) is 114 Å². The highest BCUT2D eigenvalue weighted by molar-refractivity contribution is 6.04. The van der Waals surface area contributed by atoms with Gasteiger partial charge in [0.2, 0.25) is 0 Å². The predicted octanol–water partition coefficient (Wildman–Crippen LogP) is 16.2. The summed E-state index contributed by atoms with van der Waals surface area (Å²) >= 11 is 0. The molecule has 750 valence electrons. The van der Waals surface area contributed by atoms with E-state index in [1.165, 1.54) is 25.9 Å². The van der Waals surface area contributed by atoms with Crippen LogP contribution in [0, 0.1) is 41.5 Å². The Hall–Kier alpha value is -16.8. The van der Waals surface area contributed by atoms with Crippen LogP contribution in [0.25, 0.3) is 139 Å². The number of nitrogens with zero attached hydrogens (tertiary/aromatic N) is 21. The van der Waals surface area contributed by atoms with Gasteiger partial charge in [0.05, 0.1) is 75.4 Å². The van der Waals surface area contributed by atoms with Crippen molar-refractivity contribution in [1.29, 1.82) is 0 Å². The molecule has 5 fully saturated rings. The zero-order valence-corrected chi connectivity index (χ0v) is 82.6. The fraction of sp³-hybridized carbons (Fsp3) is 0.279. The van der Waals surface area contributed by atoms with Gasteiger partial charge in [-0.25, -0.2) is 49.8 Å². The highest BCUT2D eigenvalue weighted by Gasteiger charge is 2.37. The molecule has 0 aliphatic carbocycles. The molecule has 5 aromatic carbocycles. The zero-order valence-electron chi connectivity index (χ0n) is 82.6. The van der Waals surface area contributed by atoms with E-state index < -0.39 is 6.10 Å². The maximum absolute atomic E-state index is 13.2. The minimum Gasteiger partial charge on any atom is -0.441 e. The van der Waals surface area contributed by atoms with E-state index >= 15 is 0 Å². The number of aryl methyl sites for hydroxylation is 6. The highest BCUT2D eigenvalue weighted by atomic mass is 16.5. The quantitative estimate of drug-likeness (QED) is 0.0515. The molecule has 16 aromatic heterocycles. The van der Waals surface area contributed by atoms with E-state index in [1.807, 2.05) is 254 Å². The van der Waals surface area contributed by atoms with Gasteiger partial charge in [0, 0.05) is 143 Å². The summed E-state index contributed by atoms with van der Waals surface area (Å²) in [6, 6.07) is 53.1. The normalized spacial score (nSPS) is 15.2. The summed E-state index contributed by atoms with van der Waals surface area (Å²) in [5.74, 6) is 2.66.